The van der Waals surface area contributed by atoms with E-state index in [-0.39, 0.29) is 18.2 Å². The molecule has 3 aromatic rings. The van der Waals surface area contributed by atoms with Gasteiger partial charge in [0.05, 0.1) is 16.1 Å². The number of hydrogen-bond acceptors (Lipinski definition) is 3. The van der Waals surface area contributed by atoms with Gasteiger partial charge < -0.3 is 20.3 Å². The van der Waals surface area contributed by atoms with Crippen molar-refractivity contribution in [2.24, 2.45) is 13.0 Å². The standard InChI is InChI=1S/C25H27Cl2N3O3/c1-14-9-16(28)11-22-19(14)12-17(29(22)2)13-20-21(26)4-3-18(24(20)27)25(33)30-7-5-15(6-8-30)10-23(31)32/h3-4,9,11-12,15H,5-8,10,13,28H2,1-2H3,(H,31,32). The summed E-state index contributed by atoms with van der Waals surface area (Å²) in [5.74, 6) is -0.838. The molecule has 4 rings (SSSR count). The third-order valence-electron chi connectivity index (χ3n) is 6.63. The van der Waals surface area contributed by atoms with Gasteiger partial charge in [-0.05, 0) is 67.1 Å². The van der Waals surface area contributed by atoms with Gasteiger partial charge in [-0.3, -0.25) is 9.59 Å². The Balaban J connectivity index is 1.60. The van der Waals surface area contributed by atoms with E-state index in [2.05, 4.69) is 10.6 Å². The maximum Gasteiger partial charge on any atom is 0.303 e. The summed E-state index contributed by atoms with van der Waals surface area (Å²) in [6.45, 7) is 3.07. The van der Waals surface area contributed by atoms with Crippen molar-refractivity contribution < 1.29 is 14.7 Å². The number of nitrogen functional groups attached to an aromatic ring is 1. The molecular formula is C25H27Cl2N3O3. The van der Waals surface area contributed by atoms with Crippen molar-refractivity contribution in [2.75, 3.05) is 18.8 Å². The van der Waals surface area contributed by atoms with E-state index in [9.17, 15) is 9.59 Å². The largest absolute Gasteiger partial charge is 0.481 e. The molecule has 6 nitrogen and oxygen atoms in total. The minimum absolute atomic E-state index is 0.103. The normalized spacial score (nSPS) is 14.7. The lowest BCUT2D eigenvalue weighted by Crippen LogP contribution is -2.39. The van der Waals surface area contributed by atoms with Crippen LogP contribution in [-0.4, -0.2) is 39.5 Å². The van der Waals surface area contributed by atoms with E-state index in [0.717, 1.165) is 22.2 Å². The summed E-state index contributed by atoms with van der Waals surface area (Å²) in [5, 5.41) is 11.0. The molecule has 1 aliphatic rings. The monoisotopic (exact) mass is 487 g/mol. The molecule has 0 bridgehead atoms. The molecule has 0 unspecified atom stereocenters. The van der Waals surface area contributed by atoms with E-state index in [1.54, 1.807) is 17.0 Å². The maximum atomic E-state index is 13.2. The van der Waals surface area contributed by atoms with Crippen molar-refractivity contribution >= 4 is 51.7 Å². The average Bonchev–Trinajstić information content (AvgIpc) is 3.07. The molecule has 1 aromatic heterocycles. The Morgan fingerprint density at radius 2 is 1.85 bits per heavy atom. The second-order valence-corrected chi connectivity index (χ2v) is 9.65. The summed E-state index contributed by atoms with van der Waals surface area (Å²) < 4.78 is 2.08. The van der Waals surface area contributed by atoms with Crippen molar-refractivity contribution in [1.29, 1.82) is 0 Å². The zero-order chi connectivity index (χ0) is 23.9. The van der Waals surface area contributed by atoms with Gasteiger partial charge in [-0.2, -0.15) is 0 Å². The van der Waals surface area contributed by atoms with Gasteiger partial charge in [0.2, 0.25) is 0 Å². The van der Waals surface area contributed by atoms with Gasteiger partial charge in [0.1, 0.15) is 0 Å². The molecule has 1 fully saturated rings. The fourth-order valence-electron chi connectivity index (χ4n) is 4.72. The number of nitrogens with two attached hydrogens (primary N) is 1. The molecule has 33 heavy (non-hydrogen) atoms. The number of halogens is 2. The zero-order valence-electron chi connectivity index (χ0n) is 18.7. The van der Waals surface area contributed by atoms with E-state index in [1.165, 1.54) is 0 Å². The first-order chi connectivity index (χ1) is 15.7. The van der Waals surface area contributed by atoms with Crippen LogP contribution in [0.2, 0.25) is 10.0 Å². The highest BCUT2D eigenvalue weighted by Gasteiger charge is 2.27. The lowest BCUT2D eigenvalue weighted by molar-refractivity contribution is -0.138. The highest BCUT2D eigenvalue weighted by molar-refractivity contribution is 6.38. The number of carboxylic acids is 1. The van der Waals surface area contributed by atoms with Crippen LogP contribution in [0.25, 0.3) is 10.9 Å². The first-order valence-electron chi connectivity index (χ1n) is 11.0. The minimum Gasteiger partial charge on any atom is -0.481 e. The van der Waals surface area contributed by atoms with Gasteiger partial charge in [-0.15, -0.1) is 0 Å². The molecule has 174 valence electrons. The fraction of sp³-hybridized carbons (Fsp3) is 0.360. The average molecular weight is 488 g/mol. The van der Waals surface area contributed by atoms with Crippen molar-refractivity contribution in [2.45, 2.75) is 32.6 Å². The number of carbonyl (C=O) groups is 2. The number of nitrogens with zero attached hydrogens (tertiary/aromatic N) is 2. The van der Waals surface area contributed by atoms with Crippen LogP contribution in [0.4, 0.5) is 5.69 Å². The molecule has 3 N–H and O–H groups in total. The lowest BCUT2D eigenvalue weighted by atomic mass is 9.93. The Morgan fingerprint density at radius 1 is 1.15 bits per heavy atom. The number of amides is 1. The zero-order valence-corrected chi connectivity index (χ0v) is 20.2. The van der Waals surface area contributed by atoms with Gasteiger partial charge in [-0.25, -0.2) is 0 Å². The number of aliphatic carboxylic acids is 1. The van der Waals surface area contributed by atoms with Gasteiger partial charge in [0.25, 0.3) is 5.91 Å². The van der Waals surface area contributed by atoms with Gasteiger partial charge in [0, 0.05) is 54.8 Å². The van der Waals surface area contributed by atoms with Gasteiger partial charge in [0.15, 0.2) is 0 Å². The molecule has 0 radical (unpaired) electrons. The molecule has 1 saturated heterocycles. The number of piperidine rings is 1. The highest BCUT2D eigenvalue weighted by atomic mass is 35.5. The summed E-state index contributed by atoms with van der Waals surface area (Å²) in [6.07, 6.45) is 1.97. The van der Waals surface area contributed by atoms with Crippen LogP contribution < -0.4 is 5.73 Å². The van der Waals surface area contributed by atoms with E-state index < -0.39 is 5.97 Å². The third kappa shape index (κ3) is 4.68. The number of rotatable bonds is 5. The van der Waals surface area contributed by atoms with Gasteiger partial charge >= 0.3 is 5.97 Å². The molecule has 2 aromatic carbocycles. The van der Waals surface area contributed by atoms with Crippen molar-refractivity contribution in [3.63, 3.8) is 0 Å². The first kappa shape index (κ1) is 23.5. The molecular weight excluding hydrogens is 461 g/mol. The van der Waals surface area contributed by atoms with Crippen LogP contribution in [-0.2, 0) is 18.3 Å². The summed E-state index contributed by atoms with van der Waals surface area (Å²) in [6, 6.07) is 9.40. The number of carbonyl (C=O) groups excluding carboxylic acids is 1. The second kappa shape index (κ2) is 9.27. The number of aromatic nitrogens is 1. The number of likely N-dealkylation sites (tertiary alicyclic amines) is 1. The van der Waals surface area contributed by atoms with Crippen molar-refractivity contribution in [1.82, 2.24) is 9.47 Å². The topological polar surface area (TPSA) is 88.6 Å². The minimum atomic E-state index is -0.795. The first-order valence-corrected chi connectivity index (χ1v) is 11.7. The van der Waals surface area contributed by atoms with Crippen LogP contribution in [0.1, 0.15) is 46.4 Å². The summed E-state index contributed by atoms with van der Waals surface area (Å²) in [7, 11) is 1.98. The second-order valence-electron chi connectivity index (χ2n) is 8.86. The molecule has 1 amide bonds. The summed E-state index contributed by atoms with van der Waals surface area (Å²) in [5.41, 5.74) is 11.0. The lowest BCUT2D eigenvalue weighted by Gasteiger charge is -2.31. The smallest absolute Gasteiger partial charge is 0.303 e. The third-order valence-corrected chi connectivity index (χ3v) is 7.42. The molecule has 0 saturated carbocycles. The van der Waals surface area contributed by atoms with Crippen molar-refractivity contribution in [3.8, 4) is 0 Å². The molecule has 0 atom stereocenters. The summed E-state index contributed by atoms with van der Waals surface area (Å²) in [4.78, 5) is 25.9. The SMILES string of the molecule is Cc1cc(N)cc2c1cc(Cc1c(Cl)ccc(C(=O)N3CCC(CC(=O)O)CC3)c1Cl)n2C. The Morgan fingerprint density at radius 3 is 2.52 bits per heavy atom. The Labute approximate surface area is 202 Å². The number of hydrogen-bond donors (Lipinski definition) is 2. The number of anilines is 1. The highest BCUT2D eigenvalue weighted by Crippen LogP contribution is 2.34. The predicted octanol–water partition coefficient (Wildman–Crippen LogP) is 5.29. The van der Waals surface area contributed by atoms with E-state index in [1.807, 2.05) is 26.1 Å². The van der Waals surface area contributed by atoms with Crippen LogP contribution in [0.5, 0.6) is 0 Å². The van der Waals surface area contributed by atoms with Crippen LogP contribution >= 0.6 is 23.2 Å². The Hall–Kier alpha value is -2.70. The van der Waals surface area contributed by atoms with E-state index in [0.29, 0.717) is 59.2 Å². The number of aryl methyl sites for hydroxylation is 2. The predicted molar refractivity (Wildman–Crippen MR) is 132 cm³/mol. The molecule has 8 heteroatoms. The molecule has 0 aliphatic carbocycles. The Bertz CT molecular complexity index is 1240. The van der Waals surface area contributed by atoms with Crippen LogP contribution in [0.3, 0.4) is 0 Å². The van der Waals surface area contributed by atoms with Crippen LogP contribution in [0, 0.1) is 12.8 Å². The fourth-order valence-corrected chi connectivity index (χ4v) is 5.31. The molecule has 2 heterocycles. The van der Waals surface area contributed by atoms with E-state index in [4.69, 9.17) is 34.0 Å². The van der Waals surface area contributed by atoms with Crippen molar-refractivity contribution in [3.05, 3.63) is 62.8 Å². The summed E-state index contributed by atoms with van der Waals surface area (Å²) >= 11 is 13.3. The van der Waals surface area contributed by atoms with Crippen LogP contribution in [0.15, 0.2) is 30.3 Å². The maximum absolute atomic E-state index is 13.2. The molecule has 1 aliphatic heterocycles. The van der Waals surface area contributed by atoms with E-state index >= 15 is 0 Å². The number of benzene rings is 2. The number of carboxylic acid groups (broad SMARTS) is 1. The molecule has 0 spiro atoms. The number of fused-ring (bicyclic) bond motifs is 1. The quantitative estimate of drug-likeness (QED) is 0.478. The Kier molecular flexibility index (Phi) is 6.59. The van der Waals surface area contributed by atoms with Gasteiger partial charge in [-0.1, -0.05) is 23.2 Å².